The summed E-state index contributed by atoms with van der Waals surface area (Å²) in [7, 11) is -4.07. The molecule has 0 spiro atoms. The summed E-state index contributed by atoms with van der Waals surface area (Å²) in [6.07, 6.45) is 0. The van der Waals surface area contributed by atoms with Gasteiger partial charge in [-0.05, 0) is 18.6 Å². The largest absolute Gasteiger partial charge is 0.480 e. The van der Waals surface area contributed by atoms with E-state index in [2.05, 4.69) is 0 Å². The van der Waals surface area contributed by atoms with Crippen molar-refractivity contribution in [3.63, 3.8) is 0 Å². The van der Waals surface area contributed by atoms with Crippen molar-refractivity contribution in [1.29, 1.82) is 0 Å². The van der Waals surface area contributed by atoms with E-state index in [4.69, 9.17) is 10.8 Å². The number of carbonyl (C=O) groups excluding carboxylic acids is 1. The highest BCUT2D eigenvalue weighted by molar-refractivity contribution is 7.89. The van der Waals surface area contributed by atoms with Gasteiger partial charge in [-0.2, -0.15) is 4.31 Å². The molecule has 8 heteroatoms. The normalized spacial score (nSPS) is 11.5. The van der Waals surface area contributed by atoms with Crippen molar-refractivity contribution in [2.75, 3.05) is 13.1 Å². The molecule has 0 unspecified atom stereocenters. The number of aliphatic carboxylic acids is 1. The average molecular weight is 286 g/mol. The Hall–Kier alpha value is -1.93. The predicted molar refractivity (Wildman–Crippen MR) is 66.8 cm³/mol. The zero-order chi connectivity index (χ0) is 14.6. The molecule has 0 heterocycles. The maximum atomic E-state index is 12.3. The summed E-state index contributed by atoms with van der Waals surface area (Å²) in [6, 6.07) is 6.10. The summed E-state index contributed by atoms with van der Waals surface area (Å²) >= 11 is 0. The van der Waals surface area contributed by atoms with Crippen LogP contribution in [0.2, 0.25) is 0 Å². The molecule has 0 saturated heterocycles. The number of aryl methyl sites for hydroxylation is 1. The fraction of sp³-hybridized carbons (Fsp3) is 0.273. The Bertz CT molecular complexity index is 581. The Labute approximate surface area is 110 Å². The molecular weight excluding hydrogens is 272 g/mol. The van der Waals surface area contributed by atoms with Gasteiger partial charge < -0.3 is 10.8 Å². The zero-order valence-corrected chi connectivity index (χ0v) is 11.1. The number of hydrogen-bond acceptors (Lipinski definition) is 4. The fourth-order valence-corrected chi connectivity index (χ4v) is 3.12. The van der Waals surface area contributed by atoms with Crippen molar-refractivity contribution in [1.82, 2.24) is 4.31 Å². The number of rotatable bonds is 6. The third-order valence-electron chi connectivity index (χ3n) is 2.36. The molecule has 0 radical (unpaired) electrons. The number of amides is 1. The van der Waals surface area contributed by atoms with E-state index in [0.29, 0.717) is 9.87 Å². The van der Waals surface area contributed by atoms with E-state index in [0.717, 1.165) is 0 Å². The molecule has 19 heavy (non-hydrogen) atoms. The van der Waals surface area contributed by atoms with Crippen LogP contribution in [0.3, 0.4) is 0 Å². The number of nitrogens with zero attached hydrogens (tertiary/aromatic N) is 1. The monoisotopic (exact) mass is 286 g/mol. The smallest absolute Gasteiger partial charge is 0.318 e. The number of carbonyl (C=O) groups is 2. The maximum Gasteiger partial charge on any atom is 0.318 e. The van der Waals surface area contributed by atoms with Gasteiger partial charge >= 0.3 is 5.97 Å². The Kier molecular flexibility index (Phi) is 4.62. The first-order chi connectivity index (χ1) is 8.75. The van der Waals surface area contributed by atoms with Gasteiger partial charge in [0.2, 0.25) is 15.9 Å². The first kappa shape index (κ1) is 15.1. The van der Waals surface area contributed by atoms with Gasteiger partial charge in [0.25, 0.3) is 0 Å². The first-order valence-corrected chi connectivity index (χ1v) is 6.75. The Morgan fingerprint density at radius 2 is 1.84 bits per heavy atom. The van der Waals surface area contributed by atoms with Crippen molar-refractivity contribution < 1.29 is 23.1 Å². The standard InChI is InChI=1S/C11H14N2O5S/c1-8-4-2-3-5-9(8)19(17,18)13(6-10(12)14)7-11(15)16/h2-5H,6-7H2,1H3,(H2,12,14)(H,15,16). The second kappa shape index (κ2) is 5.81. The lowest BCUT2D eigenvalue weighted by molar-refractivity contribution is -0.137. The topological polar surface area (TPSA) is 118 Å². The summed E-state index contributed by atoms with van der Waals surface area (Å²) in [4.78, 5) is 21.5. The van der Waals surface area contributed by atoms with Crippen LogP contribution in [0.4, 0.5) is 0 Å². The second-order valence-corrected chi connectivity index (χ2v) is 5.81. The van der Waals surface area contributed by atoms with Gasteiger partial charge in [0.1, 0.15) is 6.54 Å². The number of sulfonamides is 1. The van der Waals surface area contributed by atoms with Gasteiger partial charge in [-0.25, -0.2) is 8.42 Å². The van der Waals surface area contributed by atoms with Crippen molar-refractivity contribution in [2.24, 2.45) is 5.73 Å². The van der Waals surface area contributed by atoms with Gasteiger partial charge in [0, 0.05) is 0 Å². The van der Waals surface area contributed by atoms with Crippen LogP contribution in [-0.2, 0) is 19.6 Å². The highest BCUT2D eigenvalue weighted by atomic mass is 32.2. The third kappa shape index (κ3) is 3.76. The van der Waals surface area contributed by atoms with Crippen molar-refractivity contribution in [3.05, 3.63) is 29.8 Å². The molecule has 3 N–H and O–H groups in total. The fourth-order valence-electron chi connectivity index (χ4n) is 1.54. The Morgan fingerprint density at radius 3 is 2.32 bits per heavy atom. The second-order valence-electron chi connectivity index (χ2n) is 3.90. The summed E-state index contributed by atoms with van der Waals surface area (Å²) in [5.74, 6) is -2.28. The number of hydrogen-bond donors (Lipinski definition) is 2. The summed E-state index contributed by atoms with van der Waals surface area (Å²) in [6.45, 7) is 0.0820. The number of primary amides is 1. The van der Waals surface area contributed by atoms with Gasteiger partial charge in [-0.1, -0.05) is 18.2 Å². The highest BCUT2D eigenvalue weighted by Crippen LogP contribution is 2.19. The van der Waals surface area contributed by atoms with E-state index in [1.54, 1.807) is 19.1 Å². The van der Waals surface area contributed by atoms with Crippen LogP contribution in [0.25, 0.3) is 0 Å². The molecule has 7 nitrogen and oxygen atoms in total. The van der Waals surface area contributed by atoms with Crippen LogP contribution in [0, 0.1) is 6.92 Å². The van der Waals surface area contributed by atoms with Crippen LogP contribution in [-0.4, -0.2) is 42.8 Å². The SMILES string of the molecule is Cc1ccccc1S(=O)(=O)N(CC(N)=O)CC(=O)O. The Morgan fingerprint density at radius 1 is 1.26 bits per heavy atom. The number of nitrogens with two attached hydrogens (primary N) is 1. The van der Waals surface area contributed by atoms with Crippen LogP contribution in [0.15, 0.2) is 29.2 Å². The van der Waals surface area contributed by atoms with Gasteiger partial charge in [0.05, 0.1) is 11.4 Å². The minimum absolute atomic E-state index is 0.0440. The van der Waals surface area contributed by atoms with E-state index < -0.39 is 35.0 Å². The van der Waals surface area contributed by atoms with Crippen LogP contribution >= 0.6 is 0 Å². The lowest BCUT2D eigenvalue weighted by Gasteiger charge is -2.19. The molecule has 104 valence electrons. The lowest BCUT2D eigenvalue weighted by atomic mass is 10.2. The van der Waals surface area contributed by atoms with E-state index in [1.807, 2.05) is 0 Å². The zero-order valence-electron chi connectivity index (χ0n) is 10.2. The highest BCUT2D eigenvalue weighted by Gasteiger charge is 2.28. The minimum atomic E-state index is -4.07. The van der Waals surface area contributed by atoms with E-state index >= 15 is 0 Å². The molecule has 1 aromatic rings. The van der Waals surface area contributed by atoms with Crippen LogP contribution in [0.1, 0.15) is 5.56 Å². The van der Waals surface area contributed by atoms with Gasteiger partial charge in [0.15, 0.2) is 0 Å². The van der Waals surface area contributed by atoms with Crippen LogP contribution < -0.4 is 5.73 Å². The molecular formula is C11H14N2O5S. The molecule has 1 rings (SSSR count). The van der Waals surface area contributed by atoms with E-state index in [9.17, 15) is 18.0 Å². The molecule has 0 saturated carbocycles. The van der Waals surface area contributed by atoms with E-state index in [-0.39, 0.29) is 4.90 Å². The number of carboxylic acids is 1. The molecule has 0 aliphatic carbocycles. The van der Waals surface area contributed by atoms with Crippen molar-refractivity contribution >= 4 is 21.9 Å². The molecule has 0 aliphatic heterocycles. The molecule has 1 aromatic carbocycles. The van der Waals surface area contributed by atoms with Crippen LogP contribution in [0.5, 0.6) is 0 Å². The summed E-state index contributed by atoms with van der Waals surface area (Å²) in [5, 5.41) is 8.72. The maximum absolute atomic E-state index is 12.3. The number of benzene rings is 1. The molecule has 0 bridgehead atoms. The van der Waals surface area contributed by atoms with Crippen molar-refractivity contribution in [2.45, 2.75) is 11.8 Å². The first-order valence-electron chi connectivity index (χ1n) is 5.31. The van der Waals surface area contributed by atoms with E-state index in [1.165, 1.54) is 12.1 Å². The minimum Gasteiger partial charge on any atom is -0.480 e. The molecule has 0 fully saturated rings. The third-order valence-corrected chi connectivity index (χ3v) is 4.31. The lowest BCUT2D eigenvalue weighted by Crippen LogP contribution is -2.41. The molecule has 0 atom stereocenters. The summed E-state index contributed by atoms with van der Waals surface area (Å²) < 4.78 is 25.1. The van der Waals surface area contributed by atoms with Crippen molar-refractivity contribution in [3.8, 4) is 0 Å². The molecule has 0 aliphatic rings. The quantitative estimate of drug-likeness (QED) is 0.734. The van der Waals surface area contributed by atoms with Gasteiger partial charge in [-0.15, -0.1) is 0 Å². The molecule has 1 amide bonds. The van der Waals surface area contributed by atoms with Gasteiger partial charge in [-0.3, -0.25) is 9.59 Å². The molecule has 0 aromatic heterocycles. The Balaban J connectivity index is 3.23. The average Bonchev–Trinajstić information content (AvgIpc) is 2.27. The number of carboxylic acid groups (broad SMARTS) is 1. The summed E-state index contributed by atoms with van der Waals surface area (Å²) in [5.41, 5.74) is 5.40. The predicted octanol–water partition coefficient (Wildman–Crippen LogP) is -0.444.